The van der Waals surface area contributed by atoms with E-state index in [1.807, 2.05) is 6.07 Å². The average molecular weight is 551 g/mol. The molecule has 2 amide bonds. The molecular weight excluding hydrogens is 516 g/mol. The topological polar surface area (TPSA) is 90.5 Å². The number of halogens is 3. The fourth-order valence-electron chi connectivity index (χ4n) is 5.94. The first-order valence-corrected chi connectivity index (χ1v) is 13.3. The molecule has 0 unspecified atom stereocenters. The van der Waals surface area contributed by atoms with Gasteiger partial charge in [0.05, 0.1) is 11.6 Å². The van der Waals surface area contributed by atoms with Crippen molar-refractivity contribution in [1.82, 2.24) is 10.6 Å². The fourth-order valence-corrected chi connectivity index (χ4v) is 6.29. The molecule has 2 fully saturated rings. The molecule has 2 aliphatic rings. The summed E-state index contributed by atoms with van der Waals surface area (Å²) in [5, 5.41) is 20.3. The molecule has 1 saturated heterocycles. The quantitative estimate of drug-likeness (QED) is 0.349. The fraction of sp³-hybridized carbons (Fsp3) is 0.500. The highest BCUT2D eigenvalue weighted by Crippen LogP contribution is 2.49. The Hall–Kier alpha value is -2.19. The normalized spacial score (nSPS) is 29.5. The van der Waals surface area contributed by atoms with Gasteiger partial charge in [0.15, 0.2) is 0 Å². The van der Waals surface area contributed by atoms with Crippen LogP contribution < -0.4 is 16.0 Å². The van der Waals surface area contributed by atoms with Crippen molar-refractivity contribution in [1.29, 1.82) is 0 Å². The second kappa shape index (κ2) is 10.5. The molecule has 0 spiro atoms. The predicted octanol–water partition coefficient (Wildman–Crippen LogP) is 5.37. The molecule has 6 nitrogen and oxygen atoms in total. The van der Waals surface area contributed by atoms with Gasteiger partial charge in [0.2, 0.25) is 12.3 Å². The molecule has 2 aromatic carbocycles. The lowest BCUT2D eigenvalue weighted by Gasteiger charge is -2.41. The van der Waals surface area contributed by atoms with E-state index in [9.17, 15) is 14.7 Å². The van der Waals surface area contributed by atoms with Crippen LogP contribution in [0.1, 0.15) is 69.9 Å². The van der Waals surface area contributed by atoms with Gasteiger partial charge in [0, 0.05) is 39.7 Å². The van der Waals surface area contributed by atoms with Gasteiger partial charge in [-0.3, -0.25) is 9.59 Å². The SMILES string of the molecule is CC(C)(C)C[C@H]1N[C@@H](C(=O)N[C@H]2C[C@@](C)(O)C2)[C@H](c2cc(Cl)ccc2F)[C@@H]1c1ccc(Cl)cc1NC=O. The maximum Gasteiger partial charge on any atom is 0.238 e. The summed E-state index contributed by atoms with van der Waals surface area (Å²) >= 11 is 12.6. The molecule has 200 valence electrons. The largest absolute Gasteiger partial charge is 0.390 e. The zero-order valence-corrected chi connectivity index (χ0v) is 23.0. The first-order chi connectivity index (χ1) is 17.3. The van der Waals surface area contributed by atoms with E-state index in [1.165, 1.54) is 12.1 Å². The molecule has 1 aliphatic carbocycles. The number of aliphatic hydroxyl groups is 1. The van der Waals surface area contributed by atoms with Crippen LogP contribution in [0.5, 0.6) is 0 Å². The monoisotopic (exact) mass is 549 g/mol. The van der Waals surface area contributed by atoms with Crippen LogP contribution in [0.3, 0.4) is 0 Å². The highest BCUT2D eigenvalue weighted by Gasteiger charge is 2.51. The smallest absolute Gasteiger partial charge is 0.238 e. The standard InChI is InChI=1S/C28H34Cl2FN3O3/c1-27(2,3)13-22-23(18-7-5-16(30)10-21(18)32-14-35)24(19-9-15(29)6-8-20(19)31)25(34-22)26(36)33-17-11-28(4,37)12-17/h5-10,14,17,22-25,34,37H,11-13H2,1-4H3,(H,32,35)(H,33,36)/t17-,22-,23-,24-,25-,28+/m1/s1. The van der Waals surface area contributed by atoms with E-state index < -0.39 is 23.4 Å². The van der Waals surface area contributed by atoms with Gasteiger partial charge in [-0.2, -0.15) is 0 Å². The Morgan fingerprint density at radius 2 is 1.78 bits per heavy atom. The maximum absolute atomic E-state index is 15.4. The molecule has 4 N–H and O–H groups in total. The van der Waals surface area contributed by atoms with Crippen LogP contribution in [0.15, 0.2) is 36.4 Å². The van der Waals surface area contributed by atoms with Gasteiger partial charge in [0.25, 0.3) is 0 Å². The summed E-state index contributed by atoms with van der Waals surface area (Å²) in [6, 6.07) is 8.45. The Kier molecular flexibility index (Phi) is 7.92. The van der Waals surface area contributed by atoms with Gasteiger partial charge in [-0.05, 0) is 73.1 Å². The Morgan fingerprint density at radius 3 is 2.41 bits per heavy atom. The average Bonchev–Trinajstić information content (AvgIpc) is 3.11. The van der Waals surface area contributed by atoms with E-state index in [0.29, 0.717) is 47.0 Å². The molecule has 0 radical (unpaired) electrons. The van der Waals surface area contributed by atoms with E-state index in [-0.39, 0.29) is 29.3 Å². The first kappa shape index (κ1) is 27.8. The molecule has 1 aliphatic heterocycles. The molecule has 0 aromatic heterocycles. The molecule has 0 bridgehead atoms. The van der Waals surface area contributed by atoms with Crippen LogP contribution >= 0.6 is 23.2 Å². The van der Waals surface area contributed by atoms with Crippen LogP contribution in [-0.4, -0.2) is 41.2 Å². The molecule has 4 atom stereocenters. The van der Waals surface area contributed by atoms with Gasteiger partial charge >= 0.3 is 0 Å². The molecule has 1 heterocycles. The first-order valence-electron chi connectivity index (χ1n) is 12.5. The van der Waals surface area contributed by atoms with Gasteiger partial charge < -0.3 is 21.1 Å². The molecule has 37 heavy (non-hydrogen) atoms. The Morgan fingerprint density at radius 1 is 1.14 bits per heavy atom. The van der Waals surface area contributed by atoms with Crippen molar-refractivity contribution < 1.29 is 19.1 Å². The summed E-state index contributed by atoms with van der Waals surface area (Å²) in [5.74, 6) is -1.72. The molecule has 4 rings (SSSR count). The van der Waals surface area contributed by atoms with Gasteiger partial charge in [-0.15, -0.1) is 0 Å². The van der Waals surface area contributed by atoms with Crippen molar-refractivity contribution >= 4 is 41.2 Å². The summed E-state index contributed by atoms with van der Waals surface area (Å²) in [6.07, 6.45) is 2.18. The van der Waals surface area contributed by atoms with Crippen molar-refractivity contribution in [2.45, 2.75) is 82.5 Å². The van der Waals surface area contributed by atoms with Crippen molar-refractivity contribution in [3.63, 3.8) is 0 Å². The van der Waals surface area contributed by atoms with E-state index in [2.05, 4.69) is 36.7 Å². The highest BCUT2D eigenvalue weighted by atomic mass is 35.5. The number of rotatable bonds is 7. The summed E-state index contributed by atoms with van der Waals surface area (Å²) in [6.45, 7) is 8.07. The van der Waals surface area contributed by atoms with E-state index in [1.54, 1.807) is 25.1 Å². The summed E-state index contributed by atoms with van der Waals surface area (Å²) in [7, 11) is 0. The number of amides is 2. The Balaban J connectivity index is 1.83. The lowest BCUT2D eigenvalue weighted by molar-refractivity contribution is -0.127. The van der Waals surface area contributed by atoms with Crippen molar-refractivity contribution in [3.05, 3.63) is 63.4 Å². The highest BCUT2D eigenvalue weighted by molar-refractivity contribution is 6.31. The van der Waals surface area contributed by atoms with Crippen LogP contribution in [0, 0.1) is 11.2 Å². The number of nitrogens with one attached hydrogen (secondary N) is 3. The lowest BCUT2D eigenvalue weighted by Crippen LogP contribution is -2.57. The number of benzene rings is 2. The van der Waals surface area contributed by atoms with E-state index in [0.717, 1.165) is 5.56 Å². The molecular formula is C28H34Cl2FN3O3. The van der Waals surface area contributed by atoms with Crippen LogP contribution in [-0.2, 0) is 9.59 Å². The zero-order chi connectivity index (χ0) is 27.1. The number of carbonyl (C=O) groups excluding carboxylic acids is 2. The van der Waals surface area contributed by atoms with Crippen molar-refractivity contribution in [2.75, 3.05) is 5.32 Å². The van der Waals surface area contributed by atoms with Gasteiger partial charge in [-0.1, -0.05) is 50.0 Å². The minimum atomic E-state index is -0.796. The second-order valence-corrected chi connectivity index (χ2v) is 12.7. The number of carbonyl (C=O) groups is 2. The predicted molar refractivity (Wildman–Crippen MR) is 145 cm³/mol. The second-order valence-electron chi connectivity index (χ2n) is 11.8. The summed E-state index contributed by atoms with van der Waals surface area (Å²) in [5.41, 5.74) is 0.682. The van der Waals surface area contributed by atoms with Crippen LogP contribution in [0.2, 0.25) is 10.0 Å². The number of hydrogen-bond donors (Lipinski definition) is 4. The zero-order valence-electron chi connectivity index (χ0n) is 21.4. The van der Waals surface area contributed by atoms with Crippen molar-refractivity contribution in [3.8, 4) is 0 Å². The Bertz CT molecular complexity index is 1180. The third kappa shape index (κ3) is 6.28. The van der Waals surface area contributed by atoms with Crippen LogP contribution in [0.25, 0.3) is 0 Å². The van der Waals surface area contributed by atoms with Gasteiger partial charge in [0.1, 0.15) is 5.82 Å². The molecule has 2 aromatic rings. The van der Waals surface area contributed by atoms with Crippen LogP contribution in [0.4, 0.5) is 10.1 Å². The number of hydrogen-bond acceptors (Lipinski definition) is 4. The molecule has 1 saturated carbocycles. The summed E-state index contributed by atoms with van der Waals surface area (Å²) in [4.78, 5) is 25.2. The van der Waals surface area contributed by atoms with E-state index in [4.69, 9.17) is 23.2 Å². The van der Waals surface area contributed by atoms with Crippen molar-refractivity contribution in [2.24, 2.45) is 5.41 Å². The third-order valence-corrected chi connectivity index (χ3v) is 7.78. The molecule has 9 heteroatoms. The summed E-state index contributed by atoms with van der Waals surface area (Å²) < 4.78 is 15.4. The number of anilines is 1. The maximum atomic E-state index is 15.4. The third-order valence-electron chi connectivity index (χ3n) is 7.31. The minimum Gasteiger partial charge on any atom is -0.390 e. The minimum absolute atomic E-state index is 0.115. The van der Waals surface area contributed by atoms with E-state index >= 15 is 4.39 Å². The Labute approximate surface area is 227 Å². The lowest BCUT2D eigenvalue weighted by atomic mass is 9.73. The van der Waals surface area contributed by atoms with Gasteiger partial charge in [-0.25, -0.2) is 4.39 Å².